The van der Waals surface area contributed by atoms with E-state index in [9.17, 15) is 26.3 Å². The van der Waals surface area contributed by atoms with Gasteiger partial charge in [-0.1, -0.05) is 18.2 Å². The number of hydrogen-bond acceptors (Lipinski definition) is 5. The summed E-state index contributed by atoms with van der Waals surface area (Å²) < 4.78 is 68.7. The molecule has 0 radical (unpaired) electrons. The fourth-order valence-corrected chi connectivity index (χ4v) is 3.72. The van der Waals surface area contributed by atoms with Crippen molar-refractivity contribution in [1.29, 1.82) is 0 Å². The summed E-state index contributed by atoms with van der Waals surface area (Å²) in [6.45, 7) is 8.42. The predicted octanol–water partition coefficient (Wildman–Crippen LogP) is 3.80. The molecule has 13 heteroatoms. The molecule has 2 heterocycles. The van der Waals surface area contributed by atoms with Crippen molar-refractivity contribution in [3.8, 4) is 5.75 Å². The van der Waals surface area contributed by atoms with Gasteiger partial charge in [0.25, 0.3) is 0 Å². The molecule has 34 heavy (non-hydrogen) atoms. The SMILES string of the molecule is C=CCN1CC[C@@H]2[C@@H]1CCN2Cc1ccc(OC)cc1.O=C(O)C(F)(F)F.O=C(O)C(F)(F)F. The Hall–Kier alpha value is -2.80. The number of halogens is 6. The molecule has 2 atom stereocenters. The van der Waals surface area contributed by atoms with Gasteiger partial charge in [0.05, 0.1) is 7.11 Å². The predicted molar refractivity (Wildman–Crippen MR) is 109 cm³/mol. The minimum atomic E-state index is -5.08. The molecule has 1 aromatic rings. The number of aliphatic carboxylic acids is 2. The second-order valence-corrected chi connectivity index (χ2v) is 7.42. The lowest BCUT2D eigenvalue weighted by Gasteiger charge is -2.25. The Labute approximate surface area is 192 Å². The summed E-state index contributed by atoms with van der Waals surface area (Å²) in [6, 6.07) is 9.96. The van der Waals surface area contributed by atoms with Gasteiger partial charge in [-0.2, -0.15) is 26.3 Å². The van der Waals surface area contributed by atoms with E-state index in [4.69, 9.17) is 24.5 Å². The van der Waals surface area contributed by atoms with E-state index in [1.807, 2.05) is 6.08 Å². The smallest absolute Gasteiger partial charge is 0.490 e. The van der Waals surface area contributed by atoms with E-state index in [0.717, 1.165) is 30.9 Å². The van der Waals surface area contributed by atoms with Crippen molar-refractivity contribution in [2.45, 2.75) is 43.8 Å². The van der Waals surface area contributed by atoms with Crippen LogP contribution in [0.4, 0.5) is 26.3 Å². The number of ether oxygens (including phenoxy) is 1. The number of nitrogens with zero attached hydrogens (tertiary/aromatic N) is 2. The normalized spacial score (nSPS) is 20.3. The molecular weight excluding hydrogens is 474 g/mol. The average molecular weight is 500 g/mol. The van der Waals surface area contributed by atoms with Crippen molar-refractivity contribution in [1.82, 2.24) is 9.80 Å². The number of methoxy groups -OCH3 is 1. The highest BCUT2D eigenvalue weighted by Gasteiger charge is 2.41. The Bertz CT molecular complexity index is 789. The van der Waals surface area contributed by atoms with Crippen LogP contribution >= 0.6 is 0 Å². The van der Waals surface area contributed by atoms with Gasteiger partial charge in [0, 0.05) is 38.3 Å². The summed E-state index contributed by atoms with van der Waals surface area (Å²) in [4.78, 5) is 23.0. The number of hydrogen-bond donors (Lipinski definition) is 2. The molecule has 0 unspecified atom stereocenters. The number of fused-ring (bicyclic) bond motifs is 1. The summed E-state index contributed by atoms with van der Waals surface area (Å²) in [5.74, 6) is -4.58. The van der Waals surface area contributed by atoms with Crippen LogP contribution in [0.25, 0.3) is 0 Å². The van der Waals surface area contributed by atoms with E-state index in [0.29, 0.717) is 0 Å². The number of carboxylic acids is 2. The molecule has 2 saturated heterocycles. The van der Waals surface area contributed by atoms with E-state index in [1.165, 1.54) is 31.5 Å². The highest BCUT2D eigenvalue weighted by molar-refractivity contribution is 5.73. The maximum absolute atomic E-state index is 10.6. The minimum absolute atomic E-state index is 0.733. The molecule has 2 aliphatic heterocycles. The van der Waals surface area contributed by atoms with Crippen LogP contribution < -0.4 is 4.74 Å². The quantitative estimate of drug-likeness (QED) is 0.470. The summed E-state index contributed by atoms with van der Waals surface area (Å²) in [5, 5.41) is 14.2. The van der Waals surface area contributed by atoms with E-state index < -0.39 is 24.3 Å². The van der Waals surface area contributed by atoms with Gasteiger partial charge in [-0.25, -0.2) is 9.59 Å². The molecule has 192 valence electrons. The van der Waals surface area contributed by atoms with Crippen LogP contribution in [-0.4, -0.2) is 83.1 Å². The molecule has 2 fully saturated rings. The van der Waals surface area contributed by atoms with Gasteiger partial charge in [0.15, 0.2) is 0 Å². The number of rotatable bonds is 5. The number of carboxylic acid groups (broad SMARTS) is 2. The standard InChI is InChI=1S/C17H24N2O.2C2HF3O2/c1-3-10-18-11-8-17-16(18)9-12-19(17)13-14-4-6-15(20-2)7-5-14;2*3-2(4,5)1(6)7/h3-7,16-17H,1,8-13H2,2H3;2*(H,6,7)/t16-,17+;;/m0../s1. The first-order chi connectivity index (χ1) is 15.7. The maximum Gasteiger partial charge on any atom is 0.490 e. The van der Waals surface area contributed by atoms with E-state index in [-0.39, 0.29) is 0 Å². The minimum Gasteiger partial charge on any atom is -0.497 e. The van der Waals surface area contributed by atoms with Gasteiger partial charge in [0.2, 0.25) is 0 Å². The molecule has 2 N–H and O–H groups in total. The Balaban J connectivity index is 0.000000343. The zero-order chi connectivity index (χ0) is 26.1. The van der Waals surface area contributed by atoms with Crippen LogP contribution in [0.2, 0.25) is 0 Å². The van der Waals surface area contributed by atoms with Crippen molar-refractivity contribution >= 4 is 11.9 Å². The van der Waals surface area contributed by atoms with Gasteiger partial charge in [0.1, 0.15) is 5.75 Å². The Morgan fingerprint density at radius 3 is 1.76 bits per heavy atom. The fourth-order valence-electron chi connectivity index (χ4n) is 3.72. The van der Waals surface area contributed by atoms with E-state index >= 15 is 0 Å². The summed E-state index contributed by atoms with van der Waals surface area (Å²) in [7, 11) is 1.72. The van der Waals surface area contributed by atoms with E-state index in [2.05, 4.69) is 40.6 Å². The molecule has 7 nitrogen and oxygen atoms in total. The first-order valence-electron chi connectivity index (χ1n) is 10.0. The topological polar surface area (TPSA) is 90.3 Å². The average Bonchev–Trinajstić information content (AvgIpc) is 3.32. The Morgan fingerprint density at radius 1 is 0.971 bits per heavy atom. The van der Waals surface area contributed by atoms with Crippen molar-refractivity contribution in [3.05, 3.63) is 42.5 Å². The molecular formula is C21H26F6N2O5. The van der Waals surface area contributed by atoms with Crippen LogP contribution in [0, 0.1) is 0 Å². The highest BCUT2D eigenvalue weighted by atomic mass is 19.4. The second kappa shape index (κ2) is 12.6. The molecule has 3 rings (SSSR count). The molecule has 0 bridgehead atoms. The van der Waals surface area contributed by atoms with Crippen molar-refractivity contribution in [2.24, 2.45) is 0 Å². The summed E-state index contributed by atoms with van der Waals surface area (Å²) in [6.07, 6.45) is -5.53. The first kappa shape index (κ1) is 29.2. The lowest BCUT2D eigenvalue weighted by Crippen LogP contribution is -2.36. The molecule has 0 aromatic heterocycles. The van der Waals surface area contributed by atoms with Gasteiger partial charge < -0.3 is 14.9 Å². The molecule has 1 aromatic carbocycles. The molecule has 0 aliphatic carbocycles. The third-order valence-corrected chi connectivity index (χ3v) is 5.20. The molecule has 0 saturated carbocycles. The zero-order valence-corrected chi connectivity index (χ0v) is 18.3. The fraction of sp³-hybridized carbons (Fsp3) is 0.524. The Kier molecular flexibility index (Phi) is 10.8. The zero-order valence-electron chi connectivity index (χ0n) is 18.3. The summed E-state index contributed by atoms with van der Waals surface area (Å²) >= 11 is 0. The van der Waals surface area contributed by atoms with Crippen molar-refractivity contribution in [2.75, 3.05) is 26.7 Å². The number of benzene rings is 1. The molecule has 0 spiro atoms. The van der Waals surface area contributed by atoms with Gasteiger partial charge in [-0.05, 0) is 30.5 Å². The number of carbonyl (C=O) groups is 2. The second-order valence-electron chi connectivity index (χ2n) is 7.42. The molecule has 0 amide bonds. The van der Waals surface area contributed by atoms with Crippen LogP contribution in [0.15, 0.2) is 36.9 Å². The number of likely N-dealkylation sites (tertiary alicyclic amines) is 2. The lowest BCUT2D eigenvalue weighted by molar-refractivity contribution is -0.193. The first-order valence-corrected chi connectivity index (χ1v) is 10.0. The van der Waals surface area contributed by atoms with Gasteiger partial charge >= 0.3 is 24.3 Å². The highest BCUT2D eigenvalue weighted by Crippen LogP contribution is 2.32. The summed E-state index contributed by atoms with van der Waals surface area (Å²) in [5.41, 5.74) is 1.38. The van der Waals surface area contributed by atoms with Gasteiger partial charge in [-0.15, -0.1) is 6.58 Å². The Morgan fingerprint density at radius 2 is 1.38 bits per heavy atom. The third kappa shape index (κ3) is 9.21. The van der Waals surface area contributed by atoms with Crippen LogP contribution in [0.3, 0.4) is 0 Å². The van der Waals surface area contributed by atoms with Crippen molar-refractivity contribution in [3.63, 3.8) is 0 Å². The van der Waals surface area contributed by atoms with Crippen LogP contribution in [0.1, 0.15) is 18.4 Å². The monoisotopic (exact) mass is 500 g/mol. The third-order valence-electron chi connectivity index (χ3n) is 5.20. The largest absolute Gasteiger partial charge is 0.497 e. The maximum atomic E-state index is 10.6. The van der Waals surface area contributed by atoms with E-state index in [1.54, 1.807) is 7.11 Å². The van der Waals surface area contributed by atoms with Crippen molar-refractivity contribution < 1.29 is 50.9 Å². The number of alkyl halides is 6. The van der Waals surface area contributed by atoms with Crippen LogP contribution in [-0.2, 0) is 16.1 Å². The van der Waals surface area contributed by atoms with Crippen LogP contribution in [0.5, 0.6) is 5.75 Å². The lowest BCUT2D eigenvalue weighted by atomic mass is 10.1. The van der Waals surface area contributed by atoms with Gasteiger partial charge in [-0.3, -0.25) is 9.80 Å². The molecule has 2 aliphatic rings.